The van der Waals surface area contributed by atoms with Crippen molar-refractivity contribution in [1.29, 1.82) is 0 Å². The molecule has 0 aromatic heterocycles. The van der Waals surface area contributed by atoms with E-state index in [0.717, 1.165) is 21.7 Å². The predicted molar refractivity (Wildman–Crippen MR) is 135 cm³/mol. The van der Waals surface area contributed by atoms with E-state index in [1.807, 2.05) is 0 Å². The van der Waals surface area contributed by atoms with E-state index in [2.05, 4.69) is 76.2 Å². The van der Waals surface area contributed by atoms with Gasteiger partial charge in [-0.05, 0) is 0 Å². The van der Waals surface area contributed by atoms with Gasteiger partial charge in [0.1, 0.15) is 0 Å². The Morgan fingerprint density at radius 2 is 1.16 bits per heavy atom. The summed E-state index contributed by atoms with van der Waals surface area (Å²) in [6.07, 6.45) is 6.40. The van der Waals surface area contributed by atoms with Crippen LogP contribution in [-0.4, -0.2) is 41.5 Å². The number of rotatable bonds is 14. The fourth-order valence-electron chi connectivity index (χ4n) is 4.20. The van der Waals surface area contributed by atoms with Gasteiger partial charge < -0.3 is 0 Å². The van der Waals surface area contributed by atoms with Gasteiger partial charge >= 0.3 is 202 Å². The number of hydrogen-bond acceptors (Lipinski definition) is 4. The molecule has 1 aliphatic heterocycles. The fourth-order valence-corrected chi connectivity index (χ4v) is 25.8. The molecule has 0 radical (unpaired) electrons. The summed E-state index contributed by atoms with van der Waals surface area (Å²) in [4.78, 5) is 0. The molecule has 6 heteroatoms. The molecule has 0 amide bonds. The predicted octanol–water partition coefficient (Wildman–Crippen LogP) is 6.65. The standard InChI is InChI=1S/C18H22O4Si.2C4H9.Sn/c1-15-7-3-5-9-17(15)11-13-21-23(19,20)22-14-12-18-10-6-4-8-16(18)2;2*1-3-4-2;/h3-10H,11-14H2,1-2H3;2*1,3-4H2,2H3;/q-2;;;+2. The van der Waals surface area contributed by atoms with Gasteiger partial charge in [-0.15, -0.1) is 0 Å². The molecule has 0 saturated carbocycles. The monoisotopic (exact) mass is 564 g/mol. The number of hydrogen-bond donors (Lipinski definition) is 0. The van der Waals surface area contributed by atoms with Gasteiger partial charge in [0.05, 0.1) is 0 Å². The van der Waals surface area contributed by atoms with Gasteiger partial charge in [-0.1, -0.05) is 0 Å². The molecule has 0 unspecified atom stereocenters. The third-order valence-corrected chi connectivity index (χ3v) is 25.6. The molecule has 1 aliphatic rings. The normalized spacial score (nSPS) is 16.6. The van der Waals surface area contributed by atoms with Crippen molar-refractivity contribution in [3.63, 3.8) is 0 Å². The van der Waals surface area contributed by atoms with Crippen LogP contribution in [0.1, 0.15) is 61.8 Å². The Bertz CT molecular complexity index is 775. The van der Waals surface area contributed by atoms with E-state index < -0.39 is 28.3 Å². The van der Waals surface area contributed by atoms with Crippen LogP contribution in [-0.2, 0) is 27.2 Å². The van der Waals surface area contributed by atoms with Gasteiger partial charge in [0.25, 0.3) is 0 Å². The number of benzene rings is 2. The van der Waals surface area contributed by atoms with Gasteiger partial charge in [0.2, 0.25) is 0 Å². The van der Waals surface area contributed by atoms with Crippen LogP contribution in [0, 0.1) is 13.8 Å². The van der Waals surface area contributed by atoms with Crippen molar-refractivity contribution in [2.75, 3.05) is 13.2 Å². The minimum atomic E-state index is -3.04. The maximum absolute atomic E-state index is 6.74. The molecule has 0 aliphatic carbocycles. The number of unbranched alkanes of at least 4 members (excludes halogenated alkanes) is 2. The molecule has 1 saturated heterocycles. The van der Waals surface area contributed by atoms with Crippen LogP contribution in [0.5, 0.6) is 0 Å². The summed E-state index contributed by atoms with van der Waals surface area (Å²) in [6.45, 7) is 9.92. The molecule has 32 heavy (non-hydrogen) atoms. The molecule has 0 spiro atoms. The van der Waals surface area contributed by atoms with Crippen molar-refractivity contribution in [3.05, 3.63) is 70.8 Å². The Kier molecular flexibility index (Phi) is 10.3. The van der Waals surface area contributed by atoms with Gasteiger partial charge in [-0.2, -0.15) is 0 Å². The molecule has 0 bridgehead atoms. The quantitative estimate of drug-likeness (QED) is 0.242. The molecular formula is C26H40O4SiSn. The molecule has 4 nitrogen and oxygen atoms in total. The van der Waals surface area contributed by atoms with Crippen molar-refractivity contribution < 1.29 is 14.4 Å². The summed E-state index contributed by atoms with van der Waals surface area (Å²) < 4.78 is 28.4. The Labute approximate surface area is 201 Å². The van der Waals surface area contributed by atoms with E-state index in [0.29, 0.717) is 13.2 Å². The zero-order valence-corrected chi connectivity index (χ0v) is 24.2. The van der Waals surface area contributed by atoms with Crippen LogP contribution >= 0.6 is 0 Å². The molecule has 0 atom stereocenters. The van der Waals surface area contributed by atoms with Crippen LogP contribution in [0.3, 0.4) is 0 Å². The van der Waals surface area contributed by atoms with E-state index in [1.54, 1.807) is 0 Å². The second kappa shape index (κ2) is 12.7. The molecular weight excluding hydrogens is 523 g/mol. The van der Waals surface area contributed by atoms with Crippen molar-refractivity contribution >= 4 is 28.3 Å². The molecule has 2 aromatic rings. The summed E-state index contributed by atoms with van der Waals surface area (Å²) >= 11 is -3.04. The van der Waals surface area contributed by atoms with Crippen LogP contribution in [0.15, 0.2) is 48.5 Å². The summed E-state index contributed by atoms with van der Waals surface area (Å²) in [7, 11) is -3.03. The van der Waals surface area contributed by atoms with Crippen molar-refractivity contribution in [2.24, 2.45) is 0 Å². The summed E-state index contributed by atoms with van der Waals surface area (Å²) in [5.74, 6) is 0. The molecule has 1 heterocycles. The summed E-state index contributed by atoms with van der Waals surface area (Å²) in [5.41, 5.74) is 5.20. The zero-order chi connectivity index (χ0) is 22.9. The third kappa shape index (κ3) is 7.14. The van der Waals surface area contributed by atoms with E-state index in [9.17, 15) is 0 Å². The van der Waals surface area contributed by atoms with Crippen LogP contribution in [0.4, 0.5) is 0 Å². The molecule has 176 valence electrons. The van der Waals surface area contributed by atoms with E-state index >= 15 is 0 Å². The molecule has 3 rings (SSSR count). The van der Waals surface area contributed by atoms with Crippen LogP contribution < -0.4 is 0 Å². The second-order valence-corrected chi connectivity index (χ2v) is 22.4. The van der Waals surface area contributed by atoms with E-state index in [1.165, 1.54) is 47.9 Å². The van der Waals surface area contributed by atoms with Gasteiger partial charge in [-0.25, -0.2) is 0 Å². The third-order valence-electron chi connectivity index (χ3n) is 6.27. The molecule has 2 aromatic carbocycles. The average Bonchev–Trinajstić information content (AvgIpc) is 2.77. The Balaban J connectivity index is 1.63. The SMILES string of the molecule is CCC[CH2][Sn]1([CH2]CCC)[O][Si](OCCc2ccccc2C)(OCCc2ccccc2C)[O]1. The fraction of sp³-hybridized carbons (Fsp3) is 0.538. The first-order valence-corrected chi connectivity index (χ1v) is 20.3. The first-order chi connectivity index (χ1) is 15.5. The summed E-state index contributed by atoms with van der Waals surface area (Å²) in [6, 6.07) is 17.0. The van der Waals surface area contributed by atoms with Gasteiger partial charge in [0, 0.05) is 0 Å². The van der Waals surface area contributed by atoms with Gasteiger partial charge in [-0.3, -0.25) is 0 Å². The maximum atomic E-state index is 6.74. The van der Waals surface area contributed by atoms with Crippen molar-refractivity contribution in [3.8, 4) is 0 Å². The van der Waals surface area contributed by atoms with Crippen molar-refractivity contribution in [1.82, 2.24) is 0 Å². The van der Waals surface area contributed by atoms with E-state index in [4.69, 9.17) is 14.4 Å². The topological polar surface area (TPSA) is 36.9 Å². The molecule has 1 fully saturated rings. The Morgan fingerprint density at radius 3 is 1.56 bits per heavy atom. The second-order valence-electron chi connectivity index (χ2n) is 8.87. The summed E-state index contributed by atoms with van der Waals surface area (Å²) in [5, 5.41) is 0. The number of aryl methyl sites for hydroxylation is 2. The molecule has 0 N–H and O–H groups in total. The first-order valence-electron chi connectivity index (χ1n) is 12.3. The van der Waals surface area contributed by atoms with Crippen molar-refractivity contribution in [2.45, 2.75) is 75.1 Å². The van der Waals surface area contributed by atoms with Crippen LogP contribution in [0.2, 0.25) is 8.87 Å². The van der Waals surface area contributed by atoms with E-state index in [-0.39, 0.29) is 0 Å². The Morgan fingerprint density at radius 1 is 0.719 bits per heavy atom. The van der Waals surface area contributed by atoms with Gasteiger partial charge in [0.15, 0.2) is 0 Å². The zero-order valence-electron chi connectivity index (χ0n) is 20.3. The average molecular weight is 563 g/mol. The minimum absolute atomic E-state index is 0.574. The van der Waals surface area contributed by atoms with Crippen LogP contribution in [0.25, 0.3) is 0 Å². The Hall–Kier alpha value is -0.704. The first kappa shape index (κ1) is 25.9.